The third-order valence-electron chi connectivity index (χ3n) is 1.73. The molecule has 0 aromatic heterocycles. The van der Waals surface area contributed by atoms with Crippen LogP contribution in [0.25, 0.3) is 0 Å². The summed E-state index contributed by atoms with van der Waals surface area (Å²) in [6.07, 6.45) is -4.07. The first kappa shape index (κ1) is 13.7. The minimum Gasteiger partial charge on any atom is -0.356 e. The zero-order valence-corrected chi connectivity index (χ0v) is 8.56. The van der Waals surface area contributed by atoms with Gasteiger partial charge in [-0.3, -0.25) is 0 Å². The predicted octanol–water partition coefficient (Wildman–Crippen LogP) is 3.12. The molecular formula is C9H17F3O2. The lowest BCUT2D eigenvalue weighted by Crippen LogP contribution is -2.19. The van der Waals surface area contributed by atoms with E-state index in [2.05, 4.69) is 0 Å². The van der Waals surface area contributed by atoms with Crippen molar-refractivity contribution in [2.24, 2.45) is 0 Å². The highest BCUT2D eigenvalue weighted by Crippen LogP contribution is 2.23. The number of unbranched alkanes of at least 4 members (excludes halogenated alkanes) is 1. The van der Waals surface area contributed by atoms with Crippen LogP contribution in [-0.4, -0.2) is 26.2 Å². The second-order valence-electron chi connectivity index (χ2n) is 3.04. The molecular weight excluding hydrogens is 197 g/mol. The van der Waals surface area contributed by atoms with Gasteiger partial charge in [-0.1, -0.05) is 13.3 Å². The average Bonchev–Trinajstić information content (AvgIpc) is 2.09. The molecule has 0 heterocycles. The molecule has 14 heavy (non-hydrogen) atoms. The van der Waals surface area contributed by atoms with Crippen molar-refractivity contribution in [3.05, 3.63) is 0 Å². The summed E-state index contributed by atoms with van der Waals surface area (Å²) >= 11 is 0. The summed E-state index contributed by atoms with van der Waals surface area (Å²) in [7, 11) is 1.35. The van der Waals surface area contributed by atoms with E-state index in [-0.39, 0.29) is 6.42 Å². The lowest BCUT2D eigenvalue weighted by molar-refractivity contribution is -0.172. The van der Waals surface area contributed by atoms with Crippen LogP contribution < -0.4 is 0 Å². The predicted molar refractivity (Wildman–Crippen MR) is 46.9 cm³/mol. The van der Waals surface area contributed by atoms with E-state index < -0.39 is 18.9 Å². The van der Waals surface area contributed by atoms with Crippen LogP contribution in [0.4, 0.5) is 13.2 Å². The molecule has 2 nitrogen and oxygen atoms in total. The molecule has 0 saturated heterocycles. The molecule has 0 rings (SSSR count). The van der Waals surface area contributed by atoms with Gasteiger partial charge in [-0.25, -0.2) is 0 Å². The van der Waals surface area contributed by atoms with Crippen LogP contribution in [0.5, 0.6) is 0 Å². The number of hydrogen-bond donors (Lipinski definition) is 0. The van der Waals surface area contributed by atoms with E-state index in [0.29, 0.717) is 6.61 Å². The summed E-state index contributed by atoms with van der Waals surface area (Å²) in [5, 5.41) is 0. The van der Waals surface area contributed by atoms with Crippen LogP contribution in [0, 0.1) is 0 Å². The Morgan fingerprint density at radius 3 is 2.36 bits per heavy atom. The Morgan fingerprint density at radius 1 is 1.29 bits per heavy atom. The molecule has 0 saturated carbocycles. The maximum Gasteiger partial charge on any atom is 0.389 e. The van der Waals surface area contributed by atoms with Gasteiger partial charge in [0.2, 0.25) is 0 Å². The van der Waals surface area contributed by atoms with Crippen molar-refractivity contribution in [1.29, 1.82) is 0 Å². The quantitative estimate of drug-likeness (QED) is 0.479. The van der Waals surface area contributed by atoms with Crippen LogP contribution in [0.2, 0.25) is 0 Å². The molecule has 0 amide bonds. The van der Waals surface area contributed by atoms with Crippen LogP contribution in [0.3, 0.4) is 0 Å². The SMILES string of the molecule is CCCCOC(CCC(F)(F)F)OC. The zero-order valence-electron chi connectivity index (χ0n) is 8.56. The van der Waals surface area contributed by atoms with Crippen molar-refractivity contribution in [3.8, 4) is 0 Å². The number of rotatable bonds is 7. The highest BCUT2D eigenvalue weighted by Gasteiger charge is 2.28. The molecule has 86 valence electrons. The largest absolute Gasteiger partial charge is 0.389 e. The highest BCUT2D eigenvalue weighted by atomic mass is 19.4. The Labute approximate surface area is 82.4 Å². The second kappa shape index (κ2) is 7.06. The fraction of sp³-hybridized carbons (Fsp3) is 1.00. The number of halogens is 3. The molecule has 0 fully saturated rings. The Bertz CT molecular complexity index is 137. The summed E-state index contributed by atoms with van der Waals surface area (Å²) in [5.41, 5.74) is 0. The number of ether oxygens (including phenoxy) is 2. The molecule has 0 aliphatic carbocycles. The molecule has 0 spiro atoms. The van der Waals surface area contributed by atoms with E-state index >= 15 is 0 Å². The second-order valence-corrected chi connectivity index (χ2v) is 3.04. The van der Waals surface area contributed by atoms with Crippen LogP contribution in [-0.2, 0) is 9.47 Å². The summed E-state index contributed by atoms with van der Waals surface area (Å²) in [5.74, 6) is 0. The monoisotopic (exact) mass is 214 g/mol. The number of alkyl halides is 3. The van der Waals surface area contributed by atoms with Gasteiger partial charge >= 0.3 is 6.18 Å². The van der Waals surface area contributed by atoms with Crippen LogP contribution in [0.1, 0.15) is 32.6 Å². The molecule has 0 N–H and O–H groups in total. The minimum atomic E-state index is -4.13. The molecule has 1 unspecified atom stereocenters. The molecule has 0 aromatic rings. The van der Waals surface area contributed by atoms with Gasteiger partial charge in [-0.15, -0.1) is 0 Å². The van der Waals surface area contributed by atoms with Crippen molar-refractivity contribution < 1.29 is 22.6 Å². The summed E-state index contributed by atoms with van der Waals surface area (Å²) in [6, 6.07) is 0. The third-order valence-corrected chi connectivity index (χ3v) is 1.73. The highest BCUT2D eigenvalue weighted by molar-refractivity contribution is 4.53. The third kappa shape index (κ3) is 8.31. The lowest BCUT2D eigenvalue weighted by atomic mass is 10.3. The van der Waals surface area contributed by atoms with E-state index in [1.165, 1.54) is 7.11 Å². The van der Waals surface area contributed by atoms with Crippen molar-refractivity contribution in [1.82, 2.24) is 0 Å². The summed E-state index contributed by atoms with van der Waals surface area (Å²) < 4.78 is 45.4. The van der Waals surface area contributed by atoms with Crippen molar-refractivity contribution in [2.45, 2.75) is 45.1 Å². The van der Waals surface area contributed by atoms with Gasteiger partial charge in [-0.05, 0) is 6.42 Å². The lowest BCUT2D eigenvalue weighted by Gasteiger charge is -2.16. The fourth-order valence-electron chi connectivity index (χ4n) is 0.910. The first-order chi connectivity index (χ1) is 6.49. The average molecular weight is 214 g/mol. The van der Waals surface area contributed by atoms with E-state index in [1.54, 1.807) is 0 Å². The molecule has 0 aliphatic rings. The molecule has 0 radical (unpaired) electrons. The van der Waals surface area contributed by atoms with Gasteiger partial charge in [0.05, 0.1) is 0 Å². The zero-order chi connectivity index (χ0) is 11.0. The van der Waals surface area contributed by atoms with E-state index in [4.69, 9.17) is 9.47 Å². The Morgan fingerprint density at radius 2 is 1.93 bits per heavy atom. The number of methoxy groups -OCH3 is 1. The van der Waals surface area contributed by atoms with Gasteiger partial charge in [0.25, 0.3) is 0 Å². The molecule has 0 bridgehead atoms. The molecule has 0 aromatic carbocycles. The van der Waals surface area contributed by atoms with Gasteiger partial charge in [0.1, 0.15) is 0 Å². The van der Waals surface area contributed by atoms with E-state index in [1.807, 2.05) is 6.92 Å². The van der Waals surface area contributed by atoms with Crippen LogP contribution >= 0.6 is 0 Å². The molecule has 5 heteroatoms. The topological polar surface area (TPSA) is 18.5 Å². The molecule has 1 atom stereocenters. The summed E-state index contributed by atoms with van der Waals surface area (Å²) in [4.78, 5) is 0. The Hall–Kier alpha value is -0.290. The normalized spacial score (nSPS) is 14.4. The van der Waals surface area contributed by atoms with Gasteiger partial charge in [0, 0.05) is 26.6 Å². The first-order valence-corrected chi connectivity index (χ1v) is 4.70. The van der Waals surface area contributed by atoms with Crippen molar-refractivity contribution in [3.63, 3.8) is 0 Å². The smallest absolute Gasteiger partial charge is 0.356 e. The van der Waals surface area contributed by atoms with Crippen molar-refractivity contribution in [2.75, 3.05) is 13.7 Å². The Kier molecular flexibility index (Phi) is 6.92. The van der Waals surface area contributed by atoms with Crippen LogP contribution in [0.15, 0.2) is 0 Å². The molecule has 0 aliphatic heterocycles. The minimum absolute atomic E-state index is 0.135. The van der Waals surface area contributed by atoms with E-state index in [0.717, 1.165) is 12.8 Å². The van der Waals surface area contributed by atoms with Gasteiger partial charge in [-0.2, -0.15) is 13.2 Å². The van der Waals surface area contributed by atoms with Gasteiger partial charge in [0.15, 0.2) is 6.29 Å². The standard InChI is InChI=1S/C9H17F3O2/c1-3-4-7-14-8(13-2)5-6-9(10,11)12/h8H,3-7H2,1-2H3. The number of hydrogen-bond acceptors (Lipinski definition) is 2. The van der Waals surface area contributed by atoms with Gasteiger partial charge < -0.3 is 9.47 Å². The maximum absolute atomic E-state index is 11.8. The first-order valence-electron chi connectivity index (χ1n) is 4.70. The fourth-order valence-corrected chi connectivity index (χ4v) is 0.910. The summed E-state index contributed by atoms with van der Waals surface area (Å²) in [6.45, 7) is 2.44. The van der Waals surface area contributed by atoms with Crippen molar-refractivity contribution >= 4 is 0 Å². The maximum atomic E-state index is 11.8. The van der Waals surface area contributed by atoms with E-state index in [9.17, 15) is 13.2 Å². The Balaban J connectivity index is 3.58.